The molecule has 28 heavy (non-hydrogen) atoms. The van der Waals surface area contributed by atoms with E-state index in [4.69, 9.17) is 0 Å². The van der Waals surface area contributed by atoms with Crippen LogP contribution in [0.5, 0.6) is 0 Å². The van der Waals surface area contributed by atoms with Crippen LogP contribution in [0.1, 0.15) is 40.5 Å². The summed E-state index contributed by atoms with van der Waals surface area (Å²) in [5, 5.41) is 5.74. The number of hydrogen-bond acceptors (Lipinski definition) is 2. The molecule has 3 aromatic rings. The maximum absolute atomic E-state index is 12.5. The van der Waals surface area contributed by atoms with E-state index in [9.17, 15) is 9.59 Å². The highest BCUT2D eigenvalue weighted by atomic mass is 16.2. The van der Waals surface area contributed by atoms with Crippen LogP contribution >= 0.6 is 0 Å². The van der Waals surface area contributed by atoms with Crippen LogP contribution in [0.15, 0.2) is 78.9 Å². The van der Waals surface area contributed by atoms with Crippen LogP contribution in [0.25, 0.3) is 11.1 Å². The summed E-state index contributed by atoms with van der Waals surface area (Å²) in [6.07, 6.45) is 1.97. The molecule has 0 aliphatic heterocycles. The van der Waals surface area contributed by atoms with E-state index in [-0.39, 0.29) is 11.8 Å². The highest BCUT2D eigenvalue weighted by Gasteiger charge is 2.09. The summed E-state index contributed by atoms with van der Waals surface area (Å²) >= 11 is 0. The van der Waals surface area contributed by atoms with Gasteiger partial charge in [0.1, 0.15) is 0 Å². The van der Waals surface area contributed by atoms with E-state index in [2.05, 4.69) is 17.6 Å². The summed E-state index contributed by atoms with van der Waals surface area (Å²) in [6, 6.07) is 24.5. The third kappa shape index (κ3) is 5.07. The zero-order valence-corrected chi connectivity index (χ0v) is 15.9. The van der Waals surface area contributed by atoms with Gasteiger partial charge in [0.2, 0.25) is 0 Å². The highest BCUT2D eigenvalue weighted by molar-refractivity contribution is 6.05. The molecule has 0 bridgehead atoms. The van der Waals surface area contributed by atoms with E-state index in [0.717, 1.165) is 24.0 Å². The fraction of sp³-hybridized carbons (Fsp3) is 0.167. The van der Waals surface area contributed by atoms with Gasteiger partial charge in [0.25, 0.3) is 11.8 Å². The normalized spacial score (nSPS) is 10.3. The number of unbranched alkanes of at least 4 members (excludes halogenated alkanes) is 1. The van der Waals surface area contributed by atoms with Gasteiger partial charge in [0.15, 0.2) is 0 Å². The predicted molar refractivity (Wildman–Crippen MR) is 114 cm³/mol. The second-order valence-corrected chi connectivity index (χ2v) is 6.59. The zero-order chi connectivity index (χ0) is 19.8. The summed E-state index contributed by atoms with van der Waals surface area (Å²) in [4.78, 5) is 24.7. The standard InChI is InChI=1S/C24H24N2O2/c1-2-3-16-25-23(27)21-10-7-11-22(17-21)26-24(28)20-14-12-19(13-15-20)18-8-5-4-6-9-18/h4-15,17H,2-3,16H2,1H3,(H,25,27)(H,26,28). The summed E-state index contributed by atoms with van der Waals surface area (Å²) in [5.74, 6) is -0.333. The summed E-state index contributed by atoms with van der Waals surface area (Å²) in [5.41, 5.74) is 3.87. The van der Waals surface area contributed by atoms with E-state index >= 15 is 0 Å². The lowest BCUT2D eigenvalue weighted by atomic mass is 10.0. The first-order valence-electron chi connectivity index (χ1n) is 9.52. The lowest BCUT2D eigenvalue weighted by molar-refractivity contribution is 0.0951. The number of nitrogens with one attached hydrogen (secondary N) is 2. The Kier molecular flexibility index (Phi) is 6.58. The third-order valence-electron chi connectivity index (χ3n) is 4.45. The molecule has 0 aliphatic rings. The number of carbonyl (C=O) groups is 2. The van der Waals surface area contributed by atoms with Gasteiger partial charge in [-0.05, 0) is 47.9 Å². The van der Waals surface area contributed by atoms with Crippen molar-refractivity contribution in [2.24, 2.45) is 0 Å². The minimum absolute atomic E-state index is 0.128. The monoisotopic (exact) mass is 372 g/mol. The molecule has 0 unspecified atom stereocenters. The zero-order valence-electron chi connectivity index (χ0n) is 15.9. The Bertz CT molecular complexity index is 934. The second-order valence-electron chi connectivity index (χ2n) is 6.59. The van der Waals surface area contributed by atoms with Gasteiger partial charge in [-0.3, -0.25) is 9.59 Å². The van der Waals surface area contributed by atoms with E-state index in [1.54, 1.807) is 36.4 Å². The Morgan fingerprint density at radius 1 is 0.750 bits per heavy atom. The quantitative estimate of drug-likeness (QED) is 0.565. The van der Waals surface area contributed by atoms with Crippen molar-refractivity contribution in [1.29, 1.82) is 0 Å². The van der Waals surface area contributed by atoms with Crippen LogP contribution in [-0.2, 0) is 0 Å². The number of anilines is 1. The van der Waals surface area contributed by atoms with Gasteiger partial charge in [0.05, 0.1) is 0 Å². The number of benzene rings is 3. The van der Waals surface area contributed by atoms with Crippen molar-refractivity contribution in [3.8, 4) is 11.1 Å². The lowest BCUT2D eigenvalue weighted by Gasteiger charge is -2.09. The van der Waals surface area contributed by atoms with Crippen LogP contribution < -0.4 is 10.6 Å². The lowest BCUT2D eigenvalue weighted by Crippen LogP contribution is -2.24. The maximum atomic E-state index is 12.5. The van der Waals surface area contributed by atoms with Crippen molar-refractivity contribution in [2.45, 2.75) is 19.8 Å². The van der Waals surface area contributed by atoms with E-state index in [1.165, 1.54) is 0 Å². The molecular weight excluding hydrogens is 348 g/mol. The Morgan fingerprint density at radius 3 is 2.18 bits per heavy atom. The molecule has 0 radical (unpaired) electrons. The average Bonchev–Trinajstić information content (AvgIpc) is 2.75. The van der Waals surface area contributed by atoms with Gasteiger partial charge in [-0.25, -0.2) is 0 Å². The number of amides is 2. The molecule has 0 fully saturated rings. The van der Waals surface area contributed by atoms with Gasteiger partial charge in [-0.15, -0.1) is 0 Å². The summed E-state index contributed by atoms with van der Waals surface area (Å²) in [6.45, 7) is 2.73. The molecule has 2 N–H and O–H groups in total. The first-order chi connectivity index (χ1) is 13.7. The van der Waals surface area contributed by atoms with E-state index < -0.39 is 0 Å². The van der Waals surface area contributed by atoms with Crippen molar-refractivity contribution >= 4 is 17.5 Å². The second kappa shape index (κ2) is 9.51. The topological polar surface area (TPSA) is 58.2 Å². The molecule has 0 saturated carbocycles. The Balaban J connectivity index is 1.66. The SMILES string of the molecule is CCCCNC(=O)c1cccc(NC(=O)c2ccc(-c3ccccc3)cc2)c1. The smallest absolute Gasteiger partial charge is 0.255 e. The van der Waals surface area contributed by atoms with Gasteiger partial charge in [-0.2, -0.15) is 0 Å². The van der Waals surface area contributed by atoms with Crippen molar-refractivity contribution in [2.75, 3.05) is 11.9 Å². The molecule has 4 heteroatoms. The van der Waals surface area contributed by atoms with Crippen molar-refractivity contribution in [3.05, 3.63) is 90.0 Å². The van der Waals surface area contributed by atoms with E-state index in [0.29, 0.717) is 23.4 Å². The highest BCUT2D eigenvalue weighted by Crippen LogP contribution is 2.20. The molecule has 0 saturated heterocycles. The maximum Gasteiger partial charge on any atom is 0.255 e. The predicted octanol–water partition coefficient (Wildman–Crippen LogP) is 5.14. The fourth-order valence-corrected chi connectivity index (χ4v) is 2.87. The molecule has 4 nitrogen and oxygen atoms in total. The molecule has 3 aromatic carbocycles. The molecule has 0 atom stereocenters. The largest absolute Gasteiger partial charge is 0.352 e. The van der Waals surface area contributed by atoms with Gasteiger partial charge in [-0.1, -0.05) is 61.9 Å². The Labute approximate surface area is 165 Å². The van der Waals surface area contributed by atoms with Crippen LogP contribution in [-0.4, -0.2) is 18.4 Å². The first kappa shape index (κ1) is 19.4. The van der Waals surface area contributed by atoms with Crippen molar-refractivity contribution < 1.29 is 9.59 Å². The average molecular weight is 372 g/mol. The van der Waals surface area contributed by atoms with Crippen molar-refractivity contribution in [3.63, 3.8) is 0 Å². The van der Waals surface area contributed by atoms with Gasteiger partial charge in [0, 0.05) is 23.4 Å². The molecule has 2 amide bonds. The number of rotatable bonds is 7. The number of hydrogen-bond donors (Lipinski definition) is 2. The molecule has 0 aromatic heterocycles. The molecule has 0 aliphatic carbocycles. The Hall–Kier alpha value is -3.40. The minimum Gasteiger partial charge on any atom is -0.352 e. The first-order valence-corrected chi connectivity index (χ1v) is 9.52. The van der Waals surface area contributed by atoms with E-state index in [1.807, 2.05) is 42.5 Å². The number of carbonyl (C=O) groups excluding carboxylic acids is 2. The van der Waals surface area contributed by atoms with Gasteiger partial charge >= 0.3 is 0 Å². The summed E-state index contributed by atoms with van der Waals surface area (Å²) < 4.78 is 0. The van der Waals surface area contributed by atoms with Crippen molar-refractivity contribution in [1.82, 2.24) is 5.32 Å². The van der Waals surface area contributed by atoms with Gasteiger partial charge < -0.3 is 10.6 Å². The minimum atomic E-state index is -0.205. The Morgan fingerprint density at radius 2 is 1.46 bits per heavy atom. The van der Waals surface area contributed by atoms with Crippen LogP contribution in [0.4, 0.5) is 5.69 Å². The molecule has 0 spiro atoms. The molecule has 0 heterocycles. The molecular formula is C24H24N2O2. The third-order valence-corrected chi connectivity index (χ3v) is 4.45. The van der Waals surface area contributed by atoms with Crippen LogP contribution in [0.3, 0.4) is 0 Å². The summed E-state index contributed by atoms with van der Waals surface area (Å²) in [7, 11) is 0. The molecule has 3 rings (SSSR count). The van der Waals surface area contributed by atoms with Crippen LogP contribution in [0.2, 0.25) is 0 Å². The van der Waals surface area contributed by atoms with Crippen LogP contribution in [0, 0.1) is 0 Å². The molecule has 142 valence electrons. The fourth-order valence-electron chi connectivity index (χ4n) is 2.87.